The minimum Gasteiger partial charge on any atom is -0.495 e. The second-order valence-corrected chi connectivity index (χ2v) is 7.21. The number of aromatic nitrogens is 2. The first-order valence-corrected chi connectivity index (χ1v) is 8.81. The van der Waals surface area contributed by atoms with E-state index in [0.717, 1.165) is 12.8 Å². The molecule has 0 spiro atoms. The summed E-state index contributed by atoms with van der Waals surface area (Å²) < 4.78 is 32.4. The van der Waals surface area contributed by atoms with Crippen molar-refractivity contribution in [3.05, 3.63) is 35.4 Å². The molecule has 1 aromatic heterocycles. The van der Waals surface area contributed by atoms with Crippen LogP contribution in [-0.4, -0.2) is 31.8 Å². The number of hydrogen-bond donors (Lipinski definition) is 2. The van der Waals surface area contributed by atoms with Gasteiger partial charge in [-0.25, -0.2) is 8.42 Å². The summed E-state index contributed by atoms with van der Waals surface area (Å²) in [5.41, 5.74) is 0. The Bertz CT molecular complexity index is 807. The van der Waals surface area contributed by atoms with Crippen molar-refractivity contribution >= 4 is 33.3 Å². The van der Waals surface area contributed by atoms with Crippen LogP contribution in [0.15, 0.2) is 35.2 Å². The Hall–Kier alpha value is -2.06. The normalized spacial score (nSPS) is 14.3. The van der Waals surface area contributed by atoms with E-state index >= 15 is 0 Å². The van der Waals surface area contributed by atoms with Crippen molar-refractivity contribution in [1.82, 2.24) is 10.2 Å². The Balaban J connectivity index is 1.81. The molecule has 0 saturated heterocycles. The highest BCUT2D eigenvalue weighted by Gasteiger charge is 2.23. The molecule has 0 aliphatic heterocycles. The molecular formula is C14H15ClN4O3S. The highest BCUT2D eigenvalue weighted by atomic mass is 35.5. The molecule has 0 amide bonds. The van der Waals surface area contributed by atoms with Gasteiger partial charge < -0.3 is 10.1 Å². The van der Waals surface area contributed by atoms with Crippen LogP contribution in [-0.2, 0) is 10.0 Å². The predicted octanol–water partition coefficient (Wildman–Crippen LogP) is 2.51. The summed E-state index contributed by atoms with van der Waals surface area (Å²) in [6.07, 6.45) is 2.23. The minimum absolute atomic E-state index is 0.0607. The number of anilines is 2. The van der Waals surface area contributed by atoms with Gasteiger partial charge in [0.25, 0.3) is 10.0 Å². The predicted molar refractivity (Wildman–Crippen MR) is 87.5 cm³/mol. The first-order valence-electron chi connectivity index (χ1n) is 6.94. The molecular weight excluding hydrogens is 340 g/mol. The lowest BCUT2D eigenvalue weighted by Crippen LogP contribution is -2.15. The van der Waals surface area contributed by atoms with Gasteiger partial charge in [-0.3, -0.25) is 4.72 Å². The molecule has 1 aromatic carbocycles. The van der Waals surface area contributed by atoms with Gasteiger partial charge in [0, 0.05) is 11.1 Å². The number of nitrogens with zero attached hydrogens (tertiary/aromatic N) is 2. The van der Waals surface area contributed by atoms with Crippen molar-refractivity contribution in [1.29, 1.82) is 0 Å². The molecule has 1 aliphatic carbocycles. The zero-order chi connectivity index (χ0) is 16.4. The number of benzene rings is 1. The van der Waals surface area contributed by atoms with E-state index in [9.17, 15) is 8.42 Å². The van der Waals surface area contributed by atoms with Crippen molar-refractivity contribution in [2.75, 3.05) is 17.1 Å². The Morgan fingerprint density at radius 2 is 1.87 bits per heavy atom. The van der Waals surface area contributed by atoms with Crippen LogP contribution in [0.4, 0.5) is 11.6 Å². The SMILES string of the molecule is COc1ccc(Cl)cc1S(=O)(=O)Nc1ccc(NC2CC2)nn1. The van der Waals surface area contributed by atoms with Crippen LogP contribution >= 0.6 is 11.6 Å². The van der Waals surface area contributed by atoms with E-state index < -0.39 is 10.0 Å². The Kier molecular flexibility index (Phi) is 4.27. The van der Waals surface area contributed by atoms with Gasteiger partial charge in [0.05, 0.1) is 7.11 Å². The number of sulfonamides is 1. The second-order valence-electron chi connectivity index (χ2n) is 5.12. The number of nitrogens with one attached hydrogen (secondary N) is 2. The number of ether oxygens (including phenoxy) is 1. The molecule has 122 valence electrons. The lowest BCUT2D eigenvalue weighted by Gasteiger charge is -2.11. The quantitative estimate of drug-likeness (QED) is 0.828. The maximum absolute atomic E-state index is 12.5. The number of halogens is 1. The fourth-order valence-corrected chi connectivity index (χ4v) is 3.38. The maximum Gasteiger partial charge on any atom is 0.266 e. The Morgan fingerprint density at radius 3 is 2.48 bits per heavy atom. The maximum atomic E-state index is 12.5. The largest absolute Gasteiger partial charge is 0.495 e. The molecule has 3 rings (SSSR count). The lowest BCUT2D eigenvalue weighted by atomic mass is 10.3. The summed E-state index contributed by atoms with van der Waals surface area (Å²) in [6, 6.07) is 8.04. The topological polar surface area (TPSA) is 93.2 Å². The van der Waals surface area contributed by atoms with Crippen LogP contribution < -0.4 is 14.8 Å². The van der Waals surface area contributed by atoms with Crippen molar-refractivity contribution < 1.29 is 13.2 Å². The highest BCUT2D eigenvalue weighted by molar-refractivity contribution is 7.92. The fraction of sp³-hybridized carbons (Fsp3) is 0.286. The van der Waals surface area contributed by atoms with Crippen LogP contribution in [0.5, 0.6) is 5.75 Å². The first kappa shape index (κ1) is 15.8. The third-order valence-electron chi connectivity index (χ3n) is 3.25. The average Bonchev–Trinajstić information content (AvgIpc) is 3.33. The van der Waals surface area contributed by atoms with Crippen LogP contribution in [0.1, 0.15) is 12.8 Å². The van der Waals surface area contributed by atoms with Gasteiger partial charge in [0.1, 0.15) is 16.5 Å². The molecule has 7 nitrogen and oxygen atoms in total. The zero-order valence-corrected chi connectivity index (χ0v) is 13.9. The van der Waals surface area contributed by atoms with E-state index in [0.29, 0.717) is 16.9 Å². The smallest absolute Gasteiger partial charge is 0.266 e. The Labute approximate surface area is 139 Å². The summed E-state index contributed by atoms with van der Waals surface area (Å²) in [6.45, 7) is 0. The third-order valence-corrected chi connectivity index (χ3v) is 4.86. The fourth-order valence-electron chi connectivity index (χ4n) is 1.95. The molecule has 0 bridgehead atoms. The molecule has 0 radical (unpaired) electrons. The molecule has 1 saturated carbocycles. The molecule has 23 heavy (non-hydrogen) atoms. The van der Waals surface area contributed by atoms with E-state index in [1.165, 1.54) is 19.2 Å². The van der Waals surface area contributed by atoms with E-state index in [1.807, 2.05) is 0 Å². The average molecular weight is 355 g/mol. The lowest BCUT2D eigenvalue weighted by molar-refractivity contribution is 0.403. The standard InChI is InChI=1S/C14H15ClN4O3S/c1-22-11-5-2-9(15)8-12(11)23(20,21)19-14-7-6-13(17-18-14)16-10-3-4-10/h2,5-8,10H,3-4H2,1H3,(H,16,17)(H,18,19). The highest BCUT2D eigenvalue weighted by Crippen LogP contribution is 2.28. The molecule has 0 unspecified atom stereocenters. The van der Waals surface area contributed by atoms with Crippen molar-refractivity contribution in [2.45, 2.75) is 23.8 Å². The third kappa shape index (κ3) is 3.83. The zero-order valence-electron chi connectivity index (χ0n) is 12.3. The number of methoxy groups -OCH3 is 1. The van der Waals surface area contributed by atoms with Gasteiger partial charge in [-0.2, -0.15) is 0 Å². The van der Waals surface area contributed by atoms with Gasteiger partial charge in [-0.15, -0.1) is 10.2 Å². The molecule has 1 aliphatic rings. The van der Waals surface area contributed by atoms with Gasteiger partial charge in [0.15, 0.2) is 5.82 Å². The molecule has 2 N–H and O–H groups in total. The summed E-state index contributed by atoms with van der Waals surface area (Å²) >= 11 is 5.87. The molecule has 9 heteroatoms. The van der Waals surface area contributed by atoms with E-state index in [2.05, 4.69) is 20.2 Å². The van der Waals surface area contributed by atoms with E-state index in [1.54, 1.807) is 18.2 Å². The monoisotopic (exact) mass is 354 g/mol. The van der Waals surface area contributed by atoms with Crippen LogP contribution in [0.25, 0.3) is 0 Å². The van der Waals surface area contributed by atoms with E-state index in [4.69, 9.17) is 16.3 Å². The summed E-state index contributed by atoms with van der Waals surface area (Å²) in [5.74, 6) is 0.936. The Morgan fingerprint density at radius 1 is 1.17 bits per heavy atom. The van der Waals surface area contributed by atoms with Gasteiger partial charge in [0.2, 0.25) is 0 Å². The molecule has 2 aromatic rings. The molecule has 0 atom stereocenters. The van der Waals surface area contributed by atoms with E-state index in [-0.39, 0.29) is 16.5 Å². The van der Waals surface area contributed by atoms with Crippen molar-refractivity contribution in [3.8, 4) is 5.75 Å². The summed E-state index contributed by atoms with van der Waals surface area (Å²) in [7, 11) is -2.50. The molecule has 1 fully saturated rings. The number of hydrogen-bond acceptors (Lipinski definition) is 6. The summed E-state index contributed by atoms with van der Waals surface area (Å²) in [5, 5.41) is 11.3. The number of rotatable bonds is 6. The van der Waals surface area contributed by atoms with Gasteiger partial charge in [-0.05, 0) is 43.2 Å². The summed E-state index contributed by atoms with van der Waals surface area (Å²) in [4.78, 5) is -0.0607. The van der Waals surface area contributed by atoms with Gasteiger partial charge in [-0.1, -0.05) is 11.6 Å². The van der Waals surface area contributed by atoms with Crippen LogP contribution in [0, 0.1) is 0 Å². The molecule has 1 heterocycles. The van der Waals surface area contributed by atoms with Gasteiger partial charge >= 0.3 is 0 Å². The first-order chi connectivity index (χ1) is 11.0. The van der Waals surface area contributed by atoms with Crippen LogP contribution in [0.2, 0.25) is 5.02 Å². The second kappa shape index (κ2) is 6.21. The van der Waals surface area contributed by atoms with Crippen molar-refractivity contribution in [2.24, 2.45) is 0 Å². The van der Waals surface area contributed by atoms with Crippen molar-refractivity contribution in [3.63, 3.8) is 0 Å². The minimum atomic E-state index is -3.88. The van der Waals surface area contributed by atoms with Crippen LogP contribution in [0.3, 0.4) is 0 Å².